The van der Waals surface area contributed by atoms with Crippen LogP contribution in [0, 0.1) is 13.8 Å². The Labute approximate surface area is 199 Å². The zero-order chi connectivity index (χ0) is 22.9. The maximum absolute atomic E-state index is 13.3. The molecule has 0 aliphatic carbocycles. The number of amides is 1. The van der Waals surface area contributed by atoms with Gasteiger partial charge in [-0.15, -0.1) is 12.4 Å². The Morgan fingerprint density at radius 3 is 2.52 bits per heavy atom. The normalized spacial score (nSPS) is 11.4. The van der Waals surface area contributed by atoms with Gasteiger partial charge in [0.15, 0.2) is 5.13 Å². The lowest BCUT2D eigenvalue weighted by Crippen LogP contribution is -2.32. The van der Waals surface area contributed by atoms with Crippen LogP contribution in [-0.2, 0) is 12.7 Å². The molecule has 1 amide bonds. The minimum absolute atomic E-state index is 0. The third-order valence-electron chi connectivity index (χ3n) is 5.10. The molecule has 0 fully saturated rings. The van der Waals surface area contributed by atoms with Crippen LogP contribution in [0.2, 0.25) is 0 Å². The molecular formula is C23H22ClF3N4OS. The van der Waals surface area contributed by atoms with E-state index in [2.05, 4.69) is 16.0 Å². The van der Waals surface area contributed by atoms with Gasteiger partial charge in [0, 0.05) is 31.0 Å². The minimum atomic E-state index is -4.45. The molecular weight excluding hydrogens is 473 g/mol. The van der Waals surface area contributed by atoms with E-state index in [1.54, 1.807) is 17.4 Å². The fraction of sp³-hybridized carbons (Fsp3) is 0.261. The summed E-state index contributed by atoms with van der Waals surface area (Å²) in [5.74, 6) is -0.377. The summed E-state index contributed by atoms with van der Waals surface area (Å²) < 4.78 is 41.7. The highest BCUT2D eigenvalue weighted by molar-refractivity contribution is 7.22. The molecule has 4 aromatic rings. The van der Waals surface area contributed by atoms with Crippen LogP contribution in [0.5, 0.6) is 0 Å². The molecule has 5 nitrogen and oxygen atoms in total. The molecule has 0 N–H and O–H groups in total. The van der Waals surface area contributed by atoms with E-state index in [9.17, 15) is 18.0 Å². The summed E-state index contributed by atoms with van der Waals surface area (Å²) in [6.07, 6.45) is 1.41. The van der Waals surface area contributed by atoms with Crippen molar-refractivity contribution < 1.29 is 18.0 Å². The SMILES string of the molecule is Cc1cc(C)c2sc(N(CCCn3ccnc3)C(=O)c3ccc(C(F)(F)F)cc3)nc2c1.Cl. The molecule has 2 aromatic carbocycles. The summed E-state index contributed by atoms with van der Waals surface area (Å²) >= 11 is 1.41. The maximum atomic E-state index is 13.3. The molecule has 2 aromatic heterocycles. The van der Waals surface area contributed by atoms with E-state index in [1.165, 1.54) is 23.5 Å². The number of aryl methyl sites for hydroxylation is 3. The molecule has 2 heterocycles. The molecule has 10 heteroatoms. The van der Waals surface area contributed by atoms with Gasteiger partial charge in [-0.05, 0) is 61.7 Å². The summed E-state index contributed by atoms with van der Waals surface area (Å²) in [7, 11) is 0. The van der Waals surface area contributed by atoms with Crippen molar-refractivity contribution in [2.24, 2.45) is 0 Å². The van der Waals surface area contributed by atoms with Gasteiger partial charge in [0.1, 0.15) is 0 Å². The highest BCUT2D eigenvalue weighted by atomic mass is 35.5. The molecule has 0 aliphatic rings. The van der Waals surface area contributed by atoms with Crippen LogP contribution in [-0.4, -0.2) is 27.0 Å². The number of hydrogen-bond acceptors (Lipinski definition) is 4. The summed E-state index contributed by atoms with van der Waals surface area (Å²) in [6, 6.07) is 8.33. The van der Waals surface area contributed by atoms with Gasteiger partial charge in [-0.3, -0.25) is 9.69 Å². The van der Waals surface area contributed by atoms with Crippen molar-refractivity contribution in [2.45, 2.75) is 33.0 Å². The van der Waals surface area contributed by atoms with Gasteiger partial charge in [0.05, 0.1) is 22.1 Å². The molecule has 0 aliphatic heterocycles. The molecule has 0 spiro atoms. The molecule has 4 rings (SSSR count). The first-order valence-corrected chi connectivity index (χ1v) is 10.9. The molecule has 33 heavy (non-hydrogen) atoms. The van der Waals surface area contributed by atoms with Crippen molar-refractivity contribution in [3.8, 4) is 0 Å². The second-order valence-corrected chi connectivity index (χ2v) is 8.59. The number of benzene rings is 2. The number of hydrogen-bond donors (Lipinski definition) is 0. The zero-order valence-corrected chi connectivity index (χ0v) is 19.6. The Balaban J connectivity index is 0.00000306. The fourth-order valence-electron chi connectivity index (χ4n) is 3.55. The zero-order valence-electron chi connectivity index (χ0n) is 18.0. The summed E-state index contributed by atoms with van der Waals surface area (Å²) in [4.78, 5) is 23.6. The number of nitrogens with zero attached hydrogens (tertiary/aromatic N) is 4. The van der Waals surface area contributed by atoms with Crippen LogP contribution in [0.4, 0.5) is 18.3 Å². The molecule has 0 unspecified atom stereocenters. The van der Waals surface area contributed by atoms with Crippen molar-refractivity contribution in [3.63, 3.8) is 0 Å². The fourth-order valence-corrected chi connectivity index (χ4v) is 4.59. The molecule has 174 valence electrons. The number of halogens is 4. The topological polar surface area (TPSA) is 51.0 Å². The van der Waals surface area contributed by atoms with E-state index in [0.717, 1.165) is 33.5 Å². The van der Waals surface area contributed by atoms with Gasteiger partial charge >= 0.3 is 6.18 Å². The van der Waals surface area contributed by atoms with E-state index < -0.39 is 11.7 Å². The van der Waals surface area contributed by atoms with Crippen LogP contribution in [0.15, 0.2) is 55.1 Å². The second kappa shape index (κ2) is 9.93. The van der Waals surface area contributed by atoms with Crippen molar-refractivity contribution in [3.05, 3.63) is 77.4 Å². The minimum Gasteiger partial charge on any atom is -0.337 e. The lowest BCUT2D eigenvalue weighted by molar-refractivity contribution is -0.137. The van der Waals surface area contributed by atoms with Gasteiger partial charge < -0.3 is 4.57 Å². The van der Waals surface area contributed by atoms with E-state index >= 15 is 0 Å². The number of carbonyl (C=O) groups excluding carboxylic acids is 1. The summed E-state index contributed by atoms with van der Waals surface area (Å²) in [5, 5.41) is 0.532. The lowest BCUT2D eigenvalue weighted by atomic mass is 10.1. The Hall–Kier alpha value is -2.91. The predicted octanol–water partition coefficient (Wildman–Crippen LogP) is 6.29. The standard InChI is InChI=1S/C23H21F3N4OS.ClH/c1-15-12-16(2)20-19(13-15)28-22(32-20)30(10-3-9-29-11-8-27-14-29)21(31)17-4-6-18(7-5-17)23(24,25)26;/h4-8,11-14H,3,9-10H2,1-2H3;1H. The average molecular weight is 495 g/mol. The third kappa shape index (κ3) is 5.54. The monoisotopic (exact) mass is 494 g/mol. The van der Waals surface area contributed by atoms with Gasteiger partial charge in [0.2, 0.25) is 0 Å². The van der Waals surface area contributed by atoms with Gasteiger partial charge in [-0.1, -0.05) is 17.4 Å². The Kier molecular flexibility index (Phi) is 7.44. The van der Waals surface area contributed by atoms with Crippen LogP contribution >= 0.6 is 23.7 Å². The van der Waals surface area contributed by atoms with E-state index in [0.29, 0.717) is 24.6 Å². The smallest absolute Gasteiger partial charge is 0.337 e. The van der Waals surface area contributed by atoms with E-state index in [4.69, 9.17) is 0 Å². The summed E-state index contributed by atoms with van der Waals surface area (Å²) in [5.41, 5.74) is 2.36. The Morgan fingerprint density at radius 2 is 1.88 bits per heavy atom. The maximum Gasteiger partial charge on any atom is 0.416 e. The second-order valence-electron chi connectivity index (χ2n) is 7.61. The highest BCUT2D eigenvalue weighted by Crippen LogP contribution is 2.33. The quantitative estimate of drug-likeness (QED) is 0.316. The Morgan fingerprint density at radius 1 is 1.15 bits per heavy atom. The van der Waals surface area contributed by atoms with Crippen molar-refractivity contribution >= 4 is 45.0 Å². The van der Waals surface area contributed by atoms with Crippen molar-refractivity contribution in [2.75, 3.05) is 11.4 Å². The van der Waals surface area contributed by atoms with Gasteiger partial charge in [-0.25, -0.2) is 9.97 Å². The van der Waals surface area contributed by atoms with Crippen LogP contribution in [0.1, 0.15) is 33.5 Å². The largest absolute Gasteiger partial charge is 0.416 e. The molecule has 0 saturated heterocycles. The predicted molar refractivity (Wildman–Crippen MR) is 126 cm³/mol. The molecule has 0 radical (unpaired) electrons. The number of imidazole rings is 1. The average Bonchev–Trinajstić information content (AvgIpc) is 3.40. The lowest BCUT2D eigenvalue weighted by Gasteiger charge is -2.20. The number of rotatable bonds is 6. The van der Waals surface area contributed by atoms with Gasteiger partial charge in [0.25, 0.3) is 5.91 Å². The first-order chi connectivity index (χ1) is 15.2. The summed E-state index contributed by atoms with van der Waals surface area (Å²) in [6.45, 7) is 5.01. The molecule has 0 bridgehead atoms. The first kappa shape index (κ1) is 24.7. The number of anilines is 1. The number of aromatic nitrogens is 3. The highest BCUT2D eigenvalue weighted by Gasteiger charge is 2.30. The number of fused-ring (bicyclic) bond motifs is 1. The van der Waals surface area contributed by atoms with Crippen molar-refractivity contribution in [1.29, 1.82) is 0 Å². The van der Waals surface area contributed by atoms with Gasteiger partial charge in [-0.2, -0.15) is 13.2 Å². The van der Waals surface area contributed by atoms with Crippen LogP contribution in [0.25, 0.3) is 10.2 Å². The Bertz CT molecular complexity index is 1240. The first-order valence-electron chi connectivity index (χ1n) is 10.0. The molecule has 0 atom stereocenters. The van der Waals surface area contributed by atoms with Crippen LogP contribution < -0.4 is 4.90 Å². The molecule has 0 saturated carbocycles. The number of alkyl halides is 3. The van der Waals surface area contributed by atoms with Crippen molar-refractivity contribution in [1.82, 2.24) is 14.5 Å². The van der Waals surface area contributed by atoms with Crippen LogP contribution in [0.3, 0.4) is 0 Å². The number of carbonyl (C=O) groups is 1. The number of thiazole rings is 1. The third-order valence-corrected chi connectivity index (χ3v) is 6.33. The van der Waals surface area contributed by atoms with E-state index in [1.807, 2.05) is 30.7 Å². The van der Waals surface area contributed by atoms with E-state index in [-0.39, 0.29) is 23.9 Å².